The summed E-state index contributed by atoms with van der Waals surface area (Å²) in [6.07, 6.45) is 2.61. The van der Waals surface area contributed by atoms with Gasteiger partial charge in [0.15, 0.2) is 0 Å². The monoisotopic (exact) mass is 170 g/mol. The molecule has 0 aromatic carbocycles. The van der Waals surface area contributed by atoms with Crippen molar-refractivity contribution in [3.05, 3.63) is 29.0 Å². The quantitative estimate of drug-likeness (QED) is 0.686. The Morgan fingerprint density at radius 1 is 1.64 bits per heavy atom. The Balaban J connectivity index is 2.66. The number of hydrogen-bond donors (Lipinski definition) is 1. The summed E-state index contributed by atoms with van der Waals surface area (Å²) in [4.78, 5) is 3.94. The van der Waals surface area contributed by atoms with Gasteiger partial charge in [0.2, 0.25) is 0 Å². The Morgan fingerprint density at radius 3 is 2.82 bits per heavy atom. The highest BCUT2D eigenvalue weighted by atomic mass is 35.5. The van der Waals surface area contributed by atoms with Crippen molar-refractivity contribution >= 4 is 11.6 Å². The third kappa shape index (κ3) is 2.87. The predicted molar refractivity (Wildman–Crippen MR) is 46.6 cm³/mol. The van der Waals surface area contributed by atoms with Gasteiger partial charge in [-0.05, 0) is 25.0 Å². The van der Waals surface area contributed by atoms with Gasteiger partial charge in [-0.25, -0.2) is 4.98 Å². The Morgan fingerprint density at radius 2 is 2.36 bits per heavy atom. The van der Waals surface area contributed by atoms with Crippen LogP contribution in [-0.2, 0) is 6.42 Å². The van der Waals surface area contributed by atoms with Crippen molar-refractivity contribution in [2.24, 2.45) is 5.73 Å². The molecular formula is C8H11ClN2. The Hall–Kier alpha value is -0.600. The highest BCUT2D eigenvalue weighted by molar-refractivity contribution is 6.29. The van der Waals surface area contributed by atoms with Crippen LogP contribution in [0.3, 0.4) is 0 Å². The van der Waals surface area contributed by atoms with Crippen molar-refractivity contribution in [2.75, 3.05) is 0 Å². The fourth-order valence-corrected chi connectivity index (χ4v) is 1.01. The van der Waals surface area contributed by atoms with Crippen LogP contribution >= 0.6 is 11.6 Å². The SMILES string of the molecule is C[C@@H](N)Cc1ccc(Cl)nc1. The summed E-state index contributed by atoms with van der Waals surface area (Å²) in [6, 6.07) is 3.90. The molecule has 2 N–H and O–H groups in total. The molecule has 1 aromatic heterocycles. The zero-order chi connectivity index (χ0) is 8.27. The predicted octanol–water partition coefficient (Wildman–Crippen LogP) is 1.62. The first-order valence-electron chi connectivity index (χ1n) is 3.54. The summed E-state index contributed by atoms with van der Waals surface area (Å²) in [5.41, 5.74) is 6.73. The second kappa shape index (κ2) is 3.69. The molecule has 0 unspecified atom stereocenters. The van der Waals surface area contributed by atoms with Gasteiger partial charge >= 0.3 is 0 Å². The maximum Gasteiger partial charge on any atom is 0.129 e. The zero-order valence-corrected chi connectivity index (χ0v) is 7.17. The van der Waals surface area contributed by atoms with E-state index in [9.17, 15) is 0 Å². The third-order valence-corrected chi connectivity index (χ3v) is 1.57. The smallest absolute Gasteiger partial charge is 0.129 e. The summed E-state index contributed by atoms with van der Waals surface area (Å²) in [7, 11) is 0. The molecule has 0 aliphatic rings. The number of pyridine rings is 1. The summed E-state index contributed by atoms with van der Waals surface area (Å²) >= 11 is 5.61. The van der Waals surface area contributed by atoms with Crippen molar-refractivity contribution in [1.29, 1.82) is 0 Å². The molecule has 0 saturated heterocycles. The summed E-state index contributed by atoms with van der Waals surface area (Å²) in [5.74, 6) is 0. The van der Waals surface area contributed by atoms with E-state index in [1.165, 1.54) is 0 Å². The molecule has 0 bridgehead atoms. The number of hydrogen-bond acceptors (Lipinski definition) is 2. The van der Waals surface area contributed by atoms with Crippen molar-refractivity contribution in [3.8, 4) is 0 Å². The lowest BCUT2D eigenvalue weighted by atomic mass is 10.1. The molecular weight excluding hydrogens is 160 g/mol. The molecule has 0 fully saturated rings. The molecule has 0 aliphatic heterocycles. The van der Waals surface area contributed by atoms with Gasteiger partial charge in [0.05, 0.1) is 0 Å². The molecule has 0 radical (unpaired) electrons. The molecule has 1 heterocycles. The van der Waals surface area contributed by atoms with E-state index in [0.717, 1.165) is 12.0 Å². The van der Waals surface area contributed by atoms with Gasteiger partial charge in [-0.3, -0.25) is 0 Å². The van der Waals surface area contributed by atoms with Gasteiger partial charge in [-0.15, -0.1) is 0 Å². The lowest BCUT2D eigenvalue weighted by Crippen LogP contribution is -2.17. The van der Waals surface area contributed by atoms with Crippen LogP contribution < -0.4 is 5.73 Å². The van der Waals surface area contributed by atoms with E-state index in [1.807, 2.05) is 13.0 Å². The van der Waals surface area contributed by atoms with Crippen molar-refractivity contribution in [2.45, 2.75) is 19.4 Å². The number of nitrogens with two attached hydrogens (primary N) is 1. The van der Waals surface area contributed by atoms with E-state index in [4.69, 9.17) is 17.3 Å². The van der Waals surface area contributed by atoms with Crippen LogP contribution in [0.15, 0.2) is 18.3 Å². The van der Waals surface area contributed by atoms with Crippen LogP contribution in [0.2, 0.25) is 5.15 Å². The van der Waals surface area contributed by atoms with E-state index in [2.05, 4.69) is 4.98 Å². The highest BCUT2D eigenvalue weighted by Crippen LogP contribution is 2.06. The second-order valence-electron chi connectivity index (χ2n) is 2.67. The Kier molecular flexibility index (Phi) is 2.85. The van der Waals surface area contributed by atoms with Crippen LogP contribution in [0.5, 0.6) is 0 Å². The Labute approximate surface area is 71.4 Å². The first-order valence-corrected chi connectivity index (χ1v) is 3.92. The molecule has 1 rings (SSSR count). The molecule has 1 aromatic rings. The van der Waals surface area contributed by atoms with E-state index in [0.29, 0.717) is 5.15 Å². The molecule has 0 spiro atoms. The summed E-state index contributed by atoms with van der Waals surface area (Å²) in [5, 5.41) is 0.526. The molecule has 2 nitrogen and oxygen atoms in total. The minimum Gasteiger partial charge on any atom is -0.328 e. The van der Waals surface area contributed by atoms with E-state index in [-0.39, 0.29) is 6.04 Å². The first kappa shape index (κ1) is 8.50. The van der Waals surface area contributed by atoms with Crippen LogP contribution in [0.25, 0.3) is 0 Å². The summed E-state index contributed by atoms with van der Waals surface area (Å²) in [6.45, 7) is 1.97. The van der Waals surface area contributed by atoms with E-state index >= 15 is 0 Å². The topological polar surface area (TPSA) is 38.9 Å². The van der Waals surface area contributed by atoms with Crippen molar-refractivity contribution in [3.63, 3.8) is 0 Å². The zero-order valence-electron chi connectivity index (χ0n) is 6.42. The fraction of sp³-hybridized carbons (Fsp3) is 0.375. The van der Waals surface area contributed by atoms with Crippen molar-refractivity contribution in [1.82, 2.24) is 4.98 Å². The molecule has 0 aliphatic carbocycles. The van der Waals surface area contributed by atoms with Gasteiger partial charge in [0.1, 0.15) is 5.15 Å². The minimum absolute atomic E-state index is 0.179. The number of rotatable bonds is 2. The molecule has 0 saturated carbocycles. The van der Waals surface area contributed by atoms with Crippen molar-refractivity contribution < 1.29 is 0 Å². The molecule has 1 atom stereocenters. The number of nitrogens with zero attached hydrogens (tertiary/aromatic N) is 1. The van der Waals surface area contributed by atoms with Gasteiger partial charge in [0, 0.05) is 12.2 Å². The standard InChI is InChI=1S/C8H11ClN2/c1-6(10)4-7-2-3-8(9)11-5-7/h2-3,5-6H,4,10H2,1H3/t6-/m1/s1. The third-order valence-electron chi connectivity index (χ3n) is 1.35. The van der Waals surface area contributed by atoms with E-state index in [1.54, 1.807) is 12.3 Å². The molecule has 3 heteroatoms. The van der Waals surface area contributed by atoms with Gasteiger partial charge in [0.25, 0.3) is 0 Å². The van der Waals surface area contributed by atoms with Crippen LogP contribution in [0.4, 0.5) is 0 Å². The fourth-order valence-electron chi connectivity index (χ4n) is 0.899. The minimum atomic E-state index is 0.179. The van der Waals surface area contributed by atoms with Crippen LogP contribution in [0.1, 0.15) is 12.5 Å². The van der Waals surface area contributed by atoms with Crippen LogP contribution in [0, 0.1) is 0 Å². The average Bonchev–Trinajstić information content (AvgIpc) is 1.93. The van der Waals surface area contributed by atoms with Crippen LogP contribution in [-0.4, -0.2) is 11.0 Å². The molecule has 0 amide bonds. The molecule has 11 heavy (non-hydrogen) atoms. The molecule has 60 valence electrons. The second-order valence-corrected chi connectivity index (χ2v) is 3.06. The van der Waals surface area contributed by atoms with Gasteiger partial charge in [-0.1, -0.05) is 17.7 Å². The number of aromatic nitrogens is 1. The van der Waals surface area contributed by atoms with E-state index < -0.39 is 0 Å². The lowest BCUT2D eigenvalue weighted by molar-refractivity contribution is 0.736. The highest BCUT2D eigenvalue weighted by Gasteiger charge is 1.97. The lowest BCUT2D eigenvalue weighted by Gasteiger charge is -2.03. The Bertz CT molecular complexity index is 218. The normalized spacial score (nSPS) is 13.0. The van der Waals surface area contributed by atoms with Gasteiger partial charge in [-0.2, -0.15) is 0 Å². The summed E-state index contributed by atoms with van der Waals surface area (Å²) < 4.78 is 0. The first-order chi connectivity index (χ1) is 5.18. The maximum atomic E-state index is 5.61. The largest absolute Gasteiger partial charge is 0.328 e. The van der Waals surface area contributed by atoms with Gasteiger partial charge < -0.3 is 5.73 Å². The number of halogens is 1. The average molecular weight is 171 g/mol. The maximum absolute atomic E-state index is 5.61.